The number of thioether (sulfide) groups is 1. The van der Waals surface area contributed by atoms with Crippen molar-refractivity contribution in [2.24, 2.45) is 0 Å². The standard InChI is InChI=1S/C15H19NOS/c1-11(17)16-10-12-6-2-4-8-14(12)18-15-9-5-3-7-13(15)16/h2,4,6,8,13,15H,3,5,7,9-10H2,1H3. The Kier molecular flexibility index (Phi) is 3.33. The van der Waals surface area contributed by atoms with Gasteiger partial charge in [-0.2, -0.15) is 0 Å². The van der Waals surface area contributed by atoms with E-state index in [0.29, 0.717) is 11.3 Å². The summed E-state index contributed by atoms with van der Waals surface area (Å²) in [5.41, 5.74) is 1.31. The van der Waals surface area contributed by atoms with Crippen LogP contribution in [0, 0.1) is 0 Å². The van der Waals surface area contributed by atoms with Crippen molar-refractivity contribution in [3.05, 3.63) is 29.8 Å². The molecule has 0 saturated heterocycles. The van der Waals surface area contributed by atoms with Crippen LogP contribution in [0.3, 0.4) is 0 Å². The van der Waals surface area contributed by atoms with Crippen LogP contribution >= 0.6 is 11.8 Å². The van der Waals surface area contributed by atoms with Gasteiger partial charge in [-0.05, 0) is 24.5 Å². The molecule has 1 saturated carbocycles. The Morgan fingerprint density at radius 3 is 2.89 bits per heavy atom. The molecule has 3 rings (SSSR count). The number of carbonyl (C=O) groups excluding carboxylic acids is 1. The van der Waals surface area contributed by atoms with Gasteiger partial charge in [0.25, 0.3) is 0 Å². The molecule has 0 N–H and O–H groups in total. The zero-order valence-corrected chi connectivity index (χ0v) is 11.6. The quantitative estimate of drug-likeness (QED) is 0.713. The molecule has 2 atom stereocenters. The second kappa shape index (κ2) is 4.96. The highest BCUT2D eigenvalue weighted by molar-refractivity contribution is 8.00. The second-order valence-corrected chi connectivity index (χ2v) is 6.54. The van der Waals surface area contributed by atoms with Gasteiger partial charge in [-0.15, -0.1) is 11.8 Å². The Bertz CT molecular complexity index is 460. The largest absolute Gasteiger partial charge is 0.334 e. The molecule has 1 aromatic rings. The van der Waals surface area contributed by atoms with Crippen LogP contribution in [-0.2, 0) is 11.3 Å². The highest BCUT2D eigenvalue weighted by Crippen LogP contribution is 2.41. The fourth-order valence-electron chi connectivity index (χ4n) is 3.13. The Hall–Kier alpha value is -0.960. The number of carbonyl (C=O) groups is 1. The first kappa shape index (κ1) is 12.1. The summed E-state index contributed by atoms with van der Waals surface area (Å²) in [5, 5.41) is 0.589. The van der Waals surface area contributed by atoms with Crippen molar-refractivity contribution < 1.29 is 4.79 Å². The third-order valence-electron chi connectivity index (χ3n) is 4.06. The molecule has 0 bridgehead atoms. The van der Waals surface area contributed by atoms with E-state index >= 15 is 0 Å². The summed E-state index contributed by atoms with van der Waals surface area (Å²) in [5.74, 6) is 0.226. The van der Waals surface area contributed by atoms with Gasteiger partial charge in [0.1, 0.15) is 0 Å². The molecule has 0 spiro atoms. The Morgan fingerprint density at radius 1 is 1.28 bits per heavy atom. The van der Waals surface area contributed by atoms with Crippen molar-refractivity contribution in [1.29, 1.82) is 0 Å². The molecule has 3 heteroatoms. The van der Waals surface area contributed by atoms with Gasteiger partial charge in [0.15, 0.2) is 0 Å². The smallest absolute Gasteiger partial charge is 0.220 e. The predicted octanol–water partition coefficient (Wildman–Crippen LogP) is 3.45. The molecule has 18 heavy (non-hydrogen) atoms. The summed E-state index contributed by atoms with van der Waals surface area (Å²) in [7, 11) is 0. The Morgan fingerprint density at radius 2 is 2.06 bits per heavy atom. The molecule has 2 aliphatic rings. The van der Waals surface area contributed by atoms with E-state index < -0.39 is 0 Å². The highest BCUT2D eigenvalue weighted by Gasteiger charge is 2.35. The van der Waals surface area contributed by atoms with Gasteiger partial charge in [-0.3, -0.25) is 4.79 Å². The minimum Gasteiger partial charge on any atom is -0.334 e. The van der Waals surface area contributed by atoms with Crippen molar-refractivity contribution in [3.63, 3.8) is 0 Å². The summed E-state index contributed by atoms with van der Waals surface area (Å²) in [4.78, 5) is 15.4. The number of amides is 1. The van der Waals surface area contributed by atoms with Gasteiger partial charge >= 0.3 is 0 Å². The Balaban J connectivity index is 1.98. The van der Waals surface area contributed by atoms with Gasteiger partial charge in [-0.25, -0.2) is 0 Å². The van der Waals surface area contributed by atoms with Gasteiger partial charge in [-0.1, -0.05) is 31.0 Å². The molecular formula is C15H19NOS. The van der Waals surface area contributed by atoms with E-state index in [1.807, 2.05) is 11.8 Å². The van der Waals surface area contributed by atoms with Crippen LogP contribution < -0.4 is 0 Å². The first-order valence-electron chi connectivity index (χ1n) is 6.77. The van der Waals surface area contributed by atoms with Gasteiger partial charge < -0.3 is 4.90 Å². The number of benzene rings is 1. The molecule has 1 heterocycles. The van der Waals surface area contributed by atoms with Crippen molar-refractivity contribution in [1.82, 2.24) is 4.90 Å². The molecule has 1 aliphatic carbocycles. The molecule has 2 unspecified atom stereocenters. The van der Waals surface area contributed by atoms with Crippen molar-refractivity contribution in [3.8, 4) is 0 Å². The van der Waals surface area contributed by atoms with Crippen molar-refractivity contribution in [2.75, 3.05) is 0 Å². The molecule has 1 aliphatic heterocycles. The lowest BCUT2D eigenvalue weighted by Gasteiger charge is -2.37. The van der Waals surface area contributed by atoms with E-state index in [0.717, 1.165) is 6.54 Å². The molecule has 1 fully saturated rings. The average Bonchev–Trinajstić information content (AvgIpc) is 2.55. The number of nitrogens with zero attached hydrogens (tertiary/aromatic N) is 1. The van der Waals surface area contributed by atoms with E-state index in [1.54, 1.807) is 6.92 Å². The second-order valence-electron chi connectivity index (χ2n) is 5.26. The van der Waals surface area contributed by atoms with Gasteiger partial charge in [0, 0.05) is 29.7 Å². The molecule has 1 amide bonds. The lowest BCUT2D eigenvalue weighted by molar-refractivity contribution is -0.132. The maximum atomic E-state index is 11.9. The molecular weight excluding hydrogens is 242 g/mol. The average molecular weight is 261 g/mol. The van der Waals surface area contributed by atoms with E-state index in [-0.39, 0.29) is 5.91 Å². The summed E-state index contributed by atoms with van der Waals surface area (Å²) >= 11 is 1.99. The molecule has 96 valence electrons. The predicted molar refractivity (Wildman–Crippen MR) is 74.6 cm³/mol. The Labute approximate surface area is 113 Å². The number of rotatable bonds is 0. The minimum absolute atomic E-state index is 0.226. The summed E-state index contributed by atoms with van der Waals surface area (Å²) in [6.45, 7) is 2.50. The normalized spacial score (nSPS) is 27.1. The minimum atomic E-state index is 0.226. The first-order chi connectivity index (χ1) is 8.75. The van der Waals surface area contributed by atoms with E-state index in [9.17, 15) is 4.79 Å². The van der Waals surface area contributed by atoms with Crippen molar-refractivity contribution >= 4 is 17.7 Å². The maximum absolute atomic E-state index is 11.9. The van der Waals surface area contributed by atoms with Crippen LogP contribution in [0.1, 0.15) is 38.2 Å². The highest BCUT2D eigenvalue weighted by atomic mass is 32.2. The lowest BCUT2D eigenvalue weighted by Crippen LogP contribution is -2.44. The summed E-state index contributed by atoms with van der Waals surface area (Å²) in [6, 6.07) is 8.98. The number of hydrogen-bond acceptors (Lipinski definition) is 2. The molecule has 0 aromatic heterocycles. The van der Waals surface area contributed by atoms with Gasteiger partial charge in [0.2, 0.25) is 5.91 Å². The van der Waals surface area contributed by atoms with E-state index in [2.05, 4.69) is 29.2 Å². The number of fused-ring (bicyclic) bond motifs is 2. The SMILES string of the molecule is CC(=O)N1Cc2ccccc2SC2CCCCC21. The summed E-state index contributed by atoms with van der Waals surface area (Å²) < 4.78 is 0. The van der Waals surface area contributed by atoms with Crippen LogP contribution in [0.25, 0.3) is 0 Å². The van der Waals surface area contributed by atoms with Crippen LogP contribution in [0.5, 0.6) is 0 Å². The summed E-state index contributed by atoms with van der Waals surface area (Å²) in [6.07, 6.45) is 4.99. The lowest BCUT2D eigenvalue weighted by atomic mass is 9.93. The van der Waals surface area contributed by atoms with E-state index in [1.165, 1.54) is 36.1 Å². The maximum Gasteiger partial charge on any atom is 0.220 e. The monoisotopic (exact) mass is 261 g/mol. The van der Waals surface area contributed by atoms with Crippen LogP contribution in [-0.4, -0.2) is 22.1 Å². The zero-order chi connectivity index (χ0) is 12.5. The molecule has 1 aromatic carbocycles. The molecule has 0 radical (unpaired) electrons. The number of hydrogen-bond donors (Lipinski definition) is 0. The van der Waals surface area contributed by atoms with Crippen molar-refractivity contribution in [2.45, 2.75) is 55.3 Å². The van der Waals surface area contributed by atoms with Crippen LogP contribution in [0.4, 0.5) is 0 Å². The fourth-order valence-corrected chi connectivity index (χ4v) is 4.62. The van der Waals surface area contributed by atoms with Gasteiger partial charge in [0.05, 0.1) is 0 Å². The zero-order valence-electron chi connectivity index (χ0n) is 10.8. The van der Waals surface area contributed by atoms with Crippen LogP contribution in [0.15, 0.2) is 29.2 Å². The first-order valence-corrected chi connectivity index (χ1v) is 7.65. The van der Waals surface area contributed by atoms with E-state index in [4.69, 9.17) is 0 Å². The topological polar surface area (TPSA) is 20.3 Å². The third-order valence-corrected chi connectivity index (χ3v) is 5.57. The third kappa shape index (κ3) is 2.16. The fraction of sp³-hybridized carbons (Fsp3) is 0.533. The van der Waals surface area contributed by atoms with Crippen LogP contribution in [0.2, 0.25) is 0 Å². The molecule has 2 nitrogen and oxygen atoms in total.